The topological polar surface area (TPSA) is 75.7 Å². The molecule has 1 rings (SSSR count). The number of hydrogen-bond donors (Lipinski definition) is 3. The van der Waals surface area contributed by atoms with Gasteiger partial charge in [0.05, 0.1) is 12.2 Å². The number of aliphatic hydroxyl groups excluding tert-OH is 2. The van der Waals surface area contributed by atoms with Crippen LogP contribution in [0.4, 0.5) is 0 Å². The Kier molecular flexibility index (Phi) is 1.85. The molecule has 0 aromatic carbocycles. The maximum absolute atomic E-state index is 9.55. The molecule has 0 bridgehead atoms. The molecule has 0 amide bonds. The van der Waals surface area contributed by atoms with Gasteiger partial charge in [-0.2, -0.15) is 0 Å². The van der Waals surface area contributed by atoms with E-state index >= 15 is 0 Å². The van der Waals surface area contributed by atoms with Gasteiger partial charge in [-0.3, -0.25) is 0 Å². The molecular formula is C7H15NO3. The number of nitrogens with two attached hydrogens (primary N) is 1. The zero-order valence-electron chi connectivity index (χ0n) is 7.78. The molecule has 0 spiro atoms. The van der Waals surface area contributed by atoms with Crippen LogP contribution in [0, 0.1) is 0 Å². The number of ether oxygens (including phenoxy) is 1. The van der Waals surface area contributed by atoms with Gasteiger partial charge in [-0.05, 0) is 13.8 Å². The van der Waals surface area contributed by atoms with E-state index in [-0.39, 0.29) is 6.10 Å². The summed E-state index contributed by atoms with van der Waals surface area (Å²) in [4.78, 5) is 0. The highest BCUT2D eigenvalue weighted by molar-refractivity contribution is 4.94. The third kappa shape index (κ3) is 1.70. The monoisotopic (exact) mass is 163 g/mol. The van der Waals surface area contributed by atoms with E-state index in [1.807, 2.05) is 0 Å². The Labute approximate surface area is 67.5 Å². The largest absolute Gasteiger partial charge is 0.389 e. The van der Waals surface area contributed by atoms with Crippen LogP contribution in [0.15, 0.2) is 0 Å². The molecule has 1 saturated heterocycles. The van der Waals surface area contributed by atoms with Crippen LogP contribution < -0.4 is 5.73 Å². The first-order valence-electron chi connectivity index (χ1n) is 4.12. The molecule has 1 heterocycles. The second-order valence-corrected chi connectivity index (χ2v) is 3.43. The van der Waals surface area contributed by atoms with Gasteiger partial charge in [-0.25, -0.2) is 0 Å². The maximum Gasteiger partial charge on any atom is 0.213 e. The molecule has 0 aliphatic carbocycles. The molecular weight excluding hydrogens is 146 g/mol. The Morgan fingerprint density at radius 2 is 2.45 bits per heavy atom. The smallest absolute Gasteiger partial charge is 0.213 e. The van der Waals surface area contributed by atoms with Gasteiger partial charge in [0.1, 0.15) is 0 Å². The fourth-order valence-electron chi connectivity index (χ4n) is 1.38. The van der Waals surface area contributed by atoms with Gasteiger partial charge >= 0.3 is 0 Å². The summed E-state index contributed by atoms with van der Waals surface area (Å²) < 4.78 is 11.8. The van der Waals surface area contributed by atoms with Crippen LogP contribution >= 0.6 is 0 Å². The Morgan fingerprint density at radius 1 is 1.82 bits per heavy atom. The molecule has 0 aromatic heterocycles. The Morgan fingerprint density at radius 3 is 2.91 bits per heavy atom. The lowest BCUT2D eigenvalue weighted by molar-refractivity contribution is -0.215. The van der Waals surface area contributed by atoms with Crippen LogP contribution in [0.2, 0.25) is 0 Å². The van der Waals surface area contributed by atoms with E-state index in [4.69, 9.17) is 11.9 Å². The second-order valence-electron chi connectivity index (χ2n) is 3.43. The van der Waals surface area contributed by atoms with Crippen molar-refractivity contribution >= 4 is 0 Å². The van der Waals surface area contributed by atoms with Gasteiger partial charge in [0, 0.05) is 12.0 Å². The molecule has 0 radical (unpaired) electrons. The van der Waals surface area contributed by atoms with Crippen molar-refractivity contribution in [2.24, 2.45) is 5.73 Å². The van der Waals surface area contributed by atoms with Crippen molar-refractivity contribution in [2.75, 3.05) is 0 Å². The van der Waals surface area contributed by atoms with E-state index in [1.54, 1.807) is 13.8 Å². The molecule has 2 unspecified atom stereocenters. The molecule has 11 heavy (non-hydrogen) atoms. The summed E-state index contributed by atoms with van der Waals surface area (Å²) in [6.07, 6.45) is -1.38. The van der Waals surface area contributed by atoms with Crippen LogP contribution in [0.3, 0.4) is 0 Å². The molecule has 66 valence electrons. The quantitative estimate of drug-likeness (QED) is 0.472. The number of hydrogen-bond acceptors (Lipinski definition) is 4. The summed E-state index contributed by atoms with van der Waals surface area (Å²) in [5.41, 5.74) is 5.05. The zero-order chi connectivity index (χ0) is 9.35. The summed E-state index contributed by atoms with van der Waals surface area (Å²) in [7, 11) is 0. The van der Waals surface area contributed by atoms with E-state index in [2.05, 4.69) is 5.11 Å². The molecule has 1 aliphatic heterocycles. The molecule has 4 heteroatoms. The van der Waals surface area contributed by atoms with E-state index in [0.29, 0.717) is 6.42 Å². The van der Waals surface area contributed by atoms with Crippen molar-refractivity contribution in [1.82, 2.24) is 0 Å². The van der Waals surface area contributed by atoms with Crippen molar-refractivity contribution in [2.45, 2.75) is 44.3 Å². The van der Waals surface area contributed by atoms with Gasteiger partial charge in [-0.15, -0.1) is 0 Å². The zero-order valence-corrected chi connectivity index (χ0v) is 6.78. The first kappa shape index (κ1) is 7.49. The molecule has 1 aliphatic rings. The first-order chi connectivity index (χ1) is 5.47. The predicted octanol–water partition coefficient (Wildman–Crippen LogP) is -0.808. The highest BCUT2D eigenvalue weighted by Crippen LogP contribution is 2.25. The highest BCUT2D eigenvalue weighted by Gasteiger charge is 2.40. The average molecular weight is 163 g/mol. The minimum absolute atomic E-state index is 0.335. The van der Waals surface area contributed by atoms with Crippen LogP contribution in [-0.4, -0.2) is 35.7 Å². The molecule has 0 saturated carbocycles. The van der Waals surface area contributed by atoms with Gasteiger partial charge in [0.25, 0.3) is 0 Å². The fraction of sp³-hybridized carbons (Fsp3) is 1.00. The molecule has 4 atom stereocenters. The summed E-state index contributed by atoms with van der Waals surface area (Å²) in [5.74, 6) is 0. The van der Waals surface area contributed by atoms with Crippen molar-refractivity contribution in [3.8, 4) is 0 Å². The van der Waals surface area contributed by atoms with Crippen LogP contribution in [0.5, 0.6) is 0 Å². The fourth-order valence-corrected chi connectivity index (χ4v) is 1.38. The molecule has 4 nitrogen and oxygen atoms in total. The van der Waals surface area contributed by atoms with Gasteiger partial charge < -0.3 is 20.7 Å². The van der Waals surface area contributed by atoms with Crippen LogP contribution in [-0.2, 0) is 4.74 Å². The Hall–Kier alpha value is -0.160. The second kappa shape index (κ2) is 2.71. The van der Waals surface area contributed by atoms with Crippen LogP contribution in [0.25, 0.3) is 0 Å². The van der Waals surface area contributed by atoms with Crippen molar-refractivity contribution in [3.63, 3.8) is 0 Å². The minimum atomic E-state index is -0.733. The molecule has 0 aromatic rings. The number of rotatable bonds is 1. The van der Waals surface area contributed by atoms with E-state index < -0.39 is 17.9 Å². The molecule has 4 N–H and O–H groups in total. The standard InChI is InChI=1S/C7H15NO3/c1-4-6(10)7(2,8)3-5(9)11-4/h4-6,9-10H,3,8H2,1-2H3/t4?,5?,6-,7+/m0/s1/i9T. The maximum atomic E-state index is 9.55. The highest BCUT2D eigenvalue weighted by atomic mass is 16.6. The normalized spacial score (nSPS) is 53.8. The van der Waals surface area contributed by atoms with Crippen molar-refractivity contribution in [1.29, 1.82) is 1.43 Å². The van der Waals surface area contributed by atoms with Crippen molar-refractivity contribution in [3.05, 3.63) is 0 Å². The number of aliphatic hydroxyl groups is 2. The third-order valence-electron chi connectivity index (χ3n) is 2.09. The molecule has 1 fully saturated rings. The summed E-state index contributed by atoms with van der Waals surface area (Å²) in [6, 6.07) is 0. The Balaban J connectivity index is 2.65. The lowest BCUT2D eigenvalue weighted by atomic mass is 9.86. The first-order valence-corrected chi connectivity index (χ1v) is 3.72. The minimum Gasteiger partial charge on any atom is -0.389 e. The lowest BCUT2D eigenvalue weighted by Crippen LogP contribution is -2.59. The average Bonchev–Trinajstić information content (AvgIpc) is 1.99. The Bertz CT molecular complexity index is 165. The van der Waals surface area contributed by atoms with Gasteiger partial charge in [-0.1, -0.05) is 0 Å². The van der Waals surface area contributed by atoms with E-state index in [0.717, 1.165) is 0 Å². The lowest BCUT2D eigenvalue weighted by Gasteiger charge is -2.41. The van der Waals surface area contributed by atoms with E-state index in [9.17, 15) is 5.11 Å². The van der Waals surface area contributed by atoms with Crippen LogP contribution in [0.1, 0.15) is 20.3 Å². The summed E-state index contributed by atoms with van der Waals surface area (Å²) in [5, 5.41) is 13.8. The summed E-state index contributed by atoms with van der Waals surface area (Å²) >= 11 is 0. The van der Waals surface area contributed by atoms with Gasteiger partial charge in [0.2, 0.25) is 1.43 Å². The SMILES string of the molecule is [3H]OC1C[C@@](C)(N)[C@@H](O)C(C)O1. The predicted molar refractivity (Wildman–Crippen MR) is 39.8 cm³/mol. The third-order valence-corrected chi connectivity index (χ3v) is 2.09. The summed E-state index contributed by atoms with van der Waals surface area (Å²) in [6.45, 7) is 3.43. The van der Waals surface area contributed by atoms with Gasteiger partial charge in [0.15, 0.2) is 6.29 Å². The van der Waals surface area contributed by atoms with Crippen molar-refractivity contribution < 1.29 is 15.0 Å². The van der Waals surface area contributed by atoms with E-state index in [1.165, 1.54) is 0 Å².